The highest BCUT2D eigenvalue weighted by molar-refractivity contribution is 5.93. The molecule has 160 valence electrons. The van der Waals surface area contributed by atoms with Crippen molar-refractivity contribution in [3.8, 4) is 0 Å². The summed E-state index contributed by atoms with van der Waals surface area (Å²) in [6.45, 7) is 4.17. The second kappa shape index (κ2) is 11.6. The Balaban J connectivity index is 1.98. The van der Waals surface area contributed by atoms with Crippen molar-refractivity contribution in [1.82, 2.24) is 20.2 Å². The molecule has 0 atom stereocenters. The minimum Gasteiger partial charge on any atom is -0.352 e. The second-order valence-electron chi connectivity index (χ2n) is 6.90. The molecule has 0 unspecified atom stereocenters. The van der Waals surface area contributed by atoms with Crippen LogP contribution in [-0.4, -0.2) is 27.9 Å². The summed E-state index contributed by atoms with van der Waals surface area (Å²) in [6, 6.07) is 6.36. The molecule has 0 spiro atoms. The molecule has 2 aromatic heterocycles. The van der Waals surface area contributed by atoms with Gasteiger partial charge in [0, 0.05) is 38.3 Å². The van der Waals surface area contributed by atoms with Gasteiger partial charge in [-0.1, -0.05) is 25.5 Å². The molecule has 0 saturated heterocycles. The minimum absolute atomic E-state index is 0.137. The highest BCUT2D eigenvalue weighted by Crippen LogP contribution is 2.06. The number of nitrogens with one attached hydrogen (secondary N) is 2. The van der Waals surface area contributed by atoms with E-state index in [-0.39, 0.29) is 42.7 Å². The third kappa shape index (κ3) is 7.62. The van der Waals surface area contributed by atoms with E-state index >= 15 is 0 Å². The molecule has 0 saturated carbocycles. The van der Waals surface area contributed by atoms with Crippen LogP contribution in [0.4, 0.5) is 4.39 Å². The number of hydrogen-bond donors (Lipinski definition) is 2. The standard InChI is InChI=1S/C22H27FN4O3/c1-3-4-5-19(23)10-11-24-22(30)18-7-9-21(29)27(15-18)14-17-6-8-20(26-12-17)13-25-16(2)28/h5-9,12,15H,3-4,10-11,13-14H2,1-2H3,(H,24,30)(H,25,28)/b19-5+. The molecule has 0 aliphatic carbocycles. The average molecular weight is 414 g/mol. The van der Waals surface area contributed by atoms with E-state index in [0.717, 1.165) is 12.0 Å². The molecule has 2 heterocycles. The minimum atomic E-state index is -0.365. The molecule has 0 bridgehead atoms. The van der Waals surface area contributed by atoms with Gasteiger partial charge in [0.05, 0.1) is 30.2 Å². The number of hydrogen-bond acceptors (Lipinski definition) is 4. The number of nitrogens with zero attached hydrogens (tertiary/aromatic N) is 2. The Bertz CT molecular complexity index is 952. The van der Waals surface area contributed by atoms with Gasteiger partial charge in [-0.2, -0.15) is 0 Å². The molecule has 0 radical (unpaired) electrons. The van der Waals surface area contributed by atoms with Crippen molar-refractivity contribution in [2.75, 3.05) is 6.54 Å². The van der Waals surface area contributed by atoms with Crippen molar-refractivity contribution < 1.29 is 14.0 Å². The van der Waals surface area contributed by atoms with Crippen LogP contribution in [0.3, 0.4) is 0 Å². The zero-order chi connectivity index (χ0) is 21.9. The van der Waals surface area contributed by atoms with Gasteiger partial charge < -0.3 is 15.2 Å². The molecule has 2 rings (SSSR count). The molecule has 0 fully saturated rings. The van der Waals surface area contributed by atoms with Crippen molar-refractivity contribution in [2.45, 2.75) is 46.2 Å². The Morgan fingerprint density at radius 2 is 2.00 bits per heavy atom. The summed E-state index contributed by atoms with van der Waals surface area (Å²) in [5, 5.41) is 5.33. The predicted molar refractivity (Wildman–Crippen MR) is 113 cm³/mol. The zero-order valence-electron chi connectivity index (χ0n) is 17.3. The number of halogens is 1. The topological polar surface area (TPSA) is 93.1 Å². The fraction of sp³-hybridized carbons (Fsp3) is 0.364. The van der Waals surface area contributed by atoms with Gasteiger partial charge in [0.25, 0.3) is 11.5 Å². The molecule has 2 aromatic rings. The lowest BCUT2D eigenvalue weighted by molar-refractivity contribution is -0.119. The number of aromatic nitrogens is 2. The van der Waals surface area contributed by atoms with Gasteiger partial charge in [0.15, 0.2) is 0 Å². The van der Waals surface area contributed by atoms with E-state index in [0.29, 0.717) is 24.2 Å². The molecule has 0 aromatic carbocycles. The number of carbonyl (C=O) groups excluding carboxylic acids is 2. The van der Waals surface area contributed by atoms with Crippen LogP contribution in [0.15, 0.2) is 53.4 Å². The Morgan fingerprint density at radius 3 is 2.67 bits per heavy atom. The van der Waals surface area contributed by atoms with Crippen molar-refractivity contribution in [2.24, 2.45) is 0 Å². The zero-order valence-corrected chi connectivity index (χ0v) is 17.3. The molecule has 2 N–H and O–H groups in total. The van der Waals surface area contributed by atoms with Crippen LogP contribution in [0.1, 0.15) is 54.7 Å². The van der Waals surface area contributed by atoms with Gasteiger partial charge in [-0.25, -0.2) is 4.39 Å². The molecule has 0 aliphatic rings. The predicted octanol–water partition coefficient (Wildman–Crippen LogP) is 2.70. The van der Waals surface area contributed by atoms with Crippen LogP contribution >= 0.6 is 0 Å². The molecule has 8 heteroatoms. The smallest absolute Gasteiger partial charge is 0.252 e. The summed E-state index contributed by atoms with van der Waals surface area (Å²) in [6.07, 6.45) is 6.32. The lowest BCUT2D eigenvalue weighted by Gasteiger charge is -2.10. The highest BCUT2D eigenvalue weighted by Gasteiger charge is 2.08. The van der Waals surface area contributed by atoms with Crippen molar-refractivity contribution in [3.63, 3.8) is 0 Å². The fourth-order valence-corrected chi connectivity index (χ4v) is 2.65. The largest absolute Gasteiger partial charge is 0.352 e. The summed E-state index contributed by atoms with van der Waals surface area (Å²) in [7, 11) is 0. The molecule has 7 nitrogen and oxygen atoms in total. The second-order valence-corrected chi connectivity index (χ2v) is 6.90. The van der Waals surface area contributed by atoms with E-state index in [4.69, 9.17) is 0 Å². The lowest BCUT2D eigenvalue weighted by atomic mass is 10.2. The third-order valence-corrected chi connectivity index (χ3v) is 4.31. The molecular formula is C22H27FN4O3. The lowest BCUT2D eigenvalue weighted by Crippen LogP contribution is -2.27. The third-order valence-electron chi connectivity index (χ3n) is 4.31. The van der Waals surface area contributed by atoms with Crippen molar-refractivity contribution in [1.29, 1.82) is 0 Å². The highest BCUT2D eigenvalue weighted by atomic mass is 19.1. The first kappa shape index (κ1) is 23.0. The number of unbranched alkanes of at least 4 members (excludes halogenated alkanes) is 1. The van der Waals surface area contributed by atoms with Gasteiger partial charge in [-0.3, -0.25) is 19.4 Å². The first-order chi connectivity index (χ1) is 14.4. The molecule has 30 heavy (non-hydrogen) atoms. The summed E-state index contributed by atoms with van der Waals surface area (Å²) in [5.41, 5.74) is 1.56. The van der Waals surface area contributed by atoms with Crippen LogP contribution < -0.4 is 16.2 Å². The maximum Gasteiger partial charge on any atom is 0.252 e. The van der Waals surface area contributed by atoms with Gasteiger partial charge in [0.2, 0.25) is 5.91 Å². The van der Waals surface area contributed by atoms with Crippen LogP contribution in [0.25, 0.3) is 0 Å². The summed E-state index contributed by atoms with van der Waals surface area (Å²) >= 11 is 0. The van der Waals surface area contributed by atoms with Crippen molar-refractivity contribution in [3.05, 3.63) is 75.7 Å². The summed E-state index contributed by atoms with van der Waals surface area (Å²) in [4.78, 5) is 39.7. The van der Waals surface area contributed by atoms with Crippen LogP contribution in [0, 0.1) is 0 Å². The Hall–Kier alpha value is -3.29. The van der Waals surface area contributed by atoms with E-state index in [2.05, 4.69) is 15.6 Å². The molecule has 0 aliphatic heterocycles. The fourth-order valence-electron chi connectivity index (χ4n) is 2.65. The van der Waals surface area contributed by atoms with Crippen molar-refractivity contribution >= 4 is 11.8 Å². The summed E-state index contributed by atoms with van der Waals surface area (Å²) in [5.74, 6) is -0.741. The normalized spacial score (nSPS) is 11.2. The molecule has 2 amide bonds. The Labute approximate surface area is 175 Å². The van der Waals surface area contributed by atoms with Gasteiger partial charge in [-0.05, 0) is 24.1 Å². The van der Waals surface area contributed by atoms with Gasteiger partial charge >= 0.3 is 0 Å². The Morgan fingerprint density at radius 1 is 1.20 bits per heavy atom. The monoisotopic (exact) mass is 414 g/mol. The maximum absolute atomic E-state index is 13.6. The van der Waals surface area contributed by atoms with Gasteiger partial charge in [-0.15, -0.1) is 0 Å². The first-order valence-corrected chi connectivity index (χ1v) is 9.90. The van der Waals surface area contributed by atoms with E-state index in [1.54, 1.807) is 12.3 Å². The van der Waals surface area contributed by atoms with E-state index in [1.807, 2.05) is 13.0 Å². The van der Waals surface area contributed by atoms with Crippen LogP contribution in [0.5, 0.6) is 0 Å². The van der Waals surface area contributed by atoms with E-state index < -0.39 is 0 Å². The number of amides is 2. The number of rotatable bonds is 10. The van der Waals surface area contributed by atoms with E-state index in [1.165, 1.54) is 35.9 Å². The number of carbonyl (C=O) groups is 2. The van der Waals surface area contributed by atoms with Crippen LogP contribution in [0.2, 0.25) is 0 Å². The molecular weight excluding hydrogens is 387 g/mol. The van der Waals surface area contributed by atoms with Crippen LogP contribution in [-0.2, 0) is 17.9 Å². The average Bonchev–Trinajstić information content (AvgIpc) is 2.73. The Kier molecular flexibility index (Phi) is 8.93. The quantitative estimate of drug-likeness (QED) is 0.625. The number of allylic oxidation sites excluding steroid dienone is 1. The van der Waals surface area contributed by atoms with Gasteiger partial charge in [0.1, 0.15) is 0 Å². The maximum atomic E-state index is 13.6. The van der Waals surface area contributed by atoms with E-state index in [9.17, 15) is 18.8 Å². The SMILES string of the molecule is CCC/C=C(/F)CCNC(=O)c1ccc(=O)n(Cc2ccc(CNC(C)=O)nc2)c1. The summed E-state index contributed by atoms with van der Waals surface area (Å²) < 4.78 is 15.0. The first-order valence-electron chi connectivity index (χ1n) is 9.90. The number of pyridine rings is 2.